The van der Waals surface area contributed by atoms with Gasteiger partial charge in [0.05, 0.1) is 13.2 Å². The number of nitrogens with zero attached hydrogens (tertiary/aromatic N) is 1. The molecule has 3 aromatic rings. The Hall–Kier alpha value is -2.46. The van der Waals surface area contributed by atoms with Crippen molar-refractivity contribution in [1.82, 2.24) is 4.90 Å². The van der Waals surface area contributed by atoms with E-state index in [1.54, 1.807) is 0 Å². The van der Waals surface area contributed by atoms with Crippen LogP contribution in [-0.2, 0) is 15.1 Å². The fourth-order valence-electron chi connectivity index (χ4n) is 5.99. The summed E-state index contributed by atoms with van der Waals surface area (Å²) >= 11 is 0. The molecule has 3 nitrogen and oxygen atoms in total. The number of rotatable bonds is 8. The fraction of sp³-hybridized carbons (Fsp3) is 0.379. The zero-order valence-corrected chi connectivity index (χ0v) is 19.0. The van der Waals surface area contributed by atoms with Crippen molar-refractivity contribution < 1.29 is 9.47 Å². The Morgan fingerprint density at radius 2 is 1.34 bits per heavy atom. The van der Waals surface area contributed by atoms with Crippen LogP contribution in [0, 0.1) is 0 Å². The molecule has 0 saturated carbocycles. The second kappa shape index (κ2) is 9.19. The zero-order valence-electron chi connectivity index (χ0n) is 19.0. The maximum Gasteiger partial charge on any atom is 0.143 e. The predicted octanol–water partition coefficient (Wildman–Crippen LogP) is 5.64. The summed E-state index contributed by atoms with van der Waals surface area (Å²) in [4.78, 5) is 2.68. The van der Waals surface area contributed by atoms with Gasteiger partial charge in [-0.15, -0.1) is 0 Å². The molecule has 2 atom stereocenters. The van der Waals surface area contributed by atoms with Crippen molar-refractivity contribution in [3.05, 3.63) is 108 Å². The summed E-state index contributed by atoms with van der Waals surface area (Å²) in [5, 5.41) is 0. The molecule has 166 valence electrons. The van der Waals surface area contributed by atoms with Gasteiger partial charge in [-0.1, -0.05) is 91.0 Å². The van der Waals surface area contributed by atoms with E-state index >= 15 is 0 Å². The molecule has 0 unspecified atom stereocenters. The average molecular weight is 428 g/mol. The summed E-state index contributed by atoms with van der Waals surface area (Å²) in [6, 6.07) is 32.6. The van der Waals surface area contributed by atoms with Gasteiger partial charge in [-0.2, -0.15) is 0 Å². The van der Waals surface area contributed by atoms with Crippen LogP contribution >= 0.6 is 0 Å². The third-order valence-corrected chi connectivity index (χ3v) is 7.49. The lowest BCUT2D eigenvalue weighted by atomic mass is 9.79. The van der Waals surface area contributed by atoms with Gasteiger partial charge in [0.25, 0.3) is 0 Å². The summed E-state index contributed by atoms with van der Waals surface area (Å²) in [5.41, 5.74) is 2.97. The second-order valence-electron chi connectivity index (χ2n) is 9.24. The number of ether oxygens (including phenoxy) is 2. The molecule has 3 aromatic carbocycles. The van der Waals surface area contributed by atoms with Gasteiger partial charge >= 0.3 is 0 Å². The minimum atomic E-state index is -0.647. The van der Waals surface area contributed by atoms with Crippen molar-refractivity contribution in [2.45, 2.75) is 42.9 Å². The van der Waals surface area contributed by atoms with Crippen molar-refractivity contribution in [2.75, 3.05) is 26.9 Å². The van der Waals surface area contributed by atoms with Gasteiger partial charge in [0, 0.05) is 18.7 Å². The molecular formula is C29H33NO2. The highest BCUT2D eigenvalue weighted by Gasteiger charge is 2.51. The van der Waals surface area contributed by atoms with Gasteiger partial charge in [-0.3, -0.25) is 4.90 Å². The molecule has 2 saturated heterocycles. The van der Waals surface area contributed by atoms with Crippen LogP contribution in [0.1, 0.15) is 42.4 Å². The van der Waals surface area contributed by atoms with E-state index < -0.39 is 5.60 Å². The summed E-state index contributed by atoms with van der Waals surface area (Å²) in [6.07, 6.45) is 4.79. The SMILES string of the molecule is COC[C@@H]1CC[C@]2(COC(c3ccccc3)(c3ccccc3)c3ccccc3)CCCN12. The number of hydrogen-bond donors (Lipinski definition) is 0. The van der Waals surface area contributed by atoms with Gasteiger partial charge in [0.15, 0.2) is 0 Å². The van der Waals surface area contributed by atoms with Crippen LogP contribution in [0.2, 0.25) is 0 Å². The Kier molecular flexibility index (Phi) is 6.14. The Balaban J connectivity index is 1.58. The van der Waals surface area contributed by atoms with Gasteiger partial charge in [0.2, 0.25) is 0 Å². The molecule has 0 N–H and O–H groups in total. The van der Waals surface area contributed by atoms with E-state index in [1.165, 1.54) is 42.4 Å². The quantitative estimate of drug-likeness (QED) is 0.434. The van der Waals surface area contributed by atoms with E-state index in [1.807, 2.05) is 7.11 Å². The summed E-state index contributed by atoms with van der Waals surface area (Å²) in [6.45, 7) is 2.67. The Morgan fingerprint density at radius 3 is 1.84 bits per heavy atom. The number of benzene rings is 3. The van der Waals surface area contributed by atoms with E-state index in [4.69, 9.17) is 9.47 Å². The van der Waals surface area contributed by atoms with Crippen LogP contribution in [0.15, 0.2) is 91.0 Å². The van der Waals surface area contributed by atoms with Gasteiger partial charge in [-0.05, 0) is 48.9 Å². The van der Waals surface area contributed by atoms with Crippen molar-refractivity contribution in [2.24, 2.45) is 0 Å². The molecule has 32 heavy (non-hydrogen) atoms. The Bertz CT molecular complexity index is 895. The highest BCUT2D eigenvalue weighted by molar-refractivity contribution is 5.47. The van der Waals surface area contributed by atoms with Crippen LogP contribution < -0.4 is 0 Å². The van der Waals surface area contributed by atoms with Crippen LogP contribution in [-0.4, -0.2) is 43.3 Å². The predicted molar refractivity (Wildman–Crippen MR) is 129 cm³/mol. The largest absolute Gasteiger partial charge is 0.383 e. The van der Waals surface area contributed by atoms with Crippen LogP contribution in [0.3, 0.4) is 0 Å². The summed E-state index contributed by atoms with van der Waals surface area (Å²) in [5.74, 6) is 0. The molecule has 0 aliphatic carbocycles. The lowest BCUT2D eigenvalue weighted by Gasteiger charge is -2.41. The third kappa shape index (κ3) is 3.69. The molecule has 0 spiro atoms. The first-order chi connectivity index (χ1) is 15.8. The Labute approximate surface area is 192 Å². The molecule has 2 heterocycles. The highest BCUT2D eigenvalue weighted by Crippen LogP contribution is 2.46. The molecule has 0 amide bonds. The molecular weight excluding hydrogens is 394 g/mol. The second-order valence-corrected chi connectivity index (χ2v) is 9.24. The Morgan fingerprint density at radius 1 is 0.812 bits per heavy atom. The highest BCUT2D eigenvalue weighted by atomic mass is 16.5. The maximum atomic E-state index is 7.22. The maximum absolute atomic E-state index is 7.22. The monoisotopic (exact) mass is 427 g/mol. The van der Waals surface area contributed by atoms with Gasteiger partial charge in [0.1, 0.15) is 5.60 Å². The number of hydrogen-bond acceptors (Lipinski definition) is 3. The number of methoxy groups -OCH3 is 1. The van der Waals surface area contributed by atoms with Crippen LogP contribution in [0.4, 0.5) is 0 Å². The number of fused-ring (bicyclic) bond motifs is 1. The first-order valence-electron chi connectivity index (χ1n) is 11.8. The average Bonchev–Trinajstić information content (AvgIpc) is 3.42. The first-order valence-corrected chi connectivity index (χ1v) is 11.8. The molecule has 2 aliphatic heterocycles. The van der Waals surface area contributed by atoms with Crippen LogP contribution in [0.25, 0.3) is 0 Å². The smallest absolute Gasteiger partial charge is 0.143 e. The van der Waals surface area contributed by atoms with Crippen molar-refractivity contribution in [3.8, 4) is 0 Å². The lowest BCUT2D eigenvalue weighted by molar-refractivity contribution is -0.0504. The summed E-state index contributed by atoms with van der Waals surface area (Å²) in [7, 11) is 1.82. The zero-order chi connectivity index (χ0) is 21.9. The molecule has 3 heteroatoms. The van der Waals surface area contributed by atoms with Crippen molar-refractivity contribution in [1.29, 1.82) is 0 Å². The standard InChI is InChI=1S/C29H33NO2/c1-31-22-27-18-20-28(19-11-21-30(27)28)23-32-29(24-12-5-2-6-13-24,25-14-7-3-8-15-25)26-16-9-4-10-17-26/h2-10,12-17,27H,11,18-23H2,1H3/t27-,28-/m0/s1. The minimum absolute atomic E-state index is 0.104. The molecule has 5 rings (SSSR count). The van der Waals surface area contributed by atoms with Gasteiger partial charge < -0.3 is 9.47 Å². The first kappa shape index (κ1) is 21.4. The van der Waals surface area contributed by atoms with E-state index in [-0.39, 0.29) is 5.54 Å². The van der Waals surface area contributed by atoms with Crippen molar-refractivity contribution >= 4 is 0 Å². The third-order valence-electron chi connectivity index (χ3n) is 7.49. The normalized spacial score (nSPS) is 23.3. The molecule has 0 aromatic heterocycles. The summed E-state index contributed by atoms with van der Waals surface area (Å²) < 4.78 is 12.8. The molecule has 2 aliphatic rings. The molecule has 2 fully saturated rings. The van der Waals surface area contributed by atoms with E-state index in [0.717, 1.165) is 13.2 Å². The fourth-order valence-corrected chi connectivity index (χ4v) is 5.99. The molecule has 0 bridgehead atoms. The van der Waals surface area contributed by atoms with Gasteiger partial charge in [-0.25, -0.2) is 0 Å². The lowest BCUT2D eigenvalue weighted by Crippen LogP contribution is -2.49. The van der Waals surface area contributed by atoms with Crippen LogP contribution in [0.5, 0.6) is 0 Å². The van der Waals surface area contributed by atoms with E-state index in [9.17, 15) is 0 Å². The topological polar surface area (TPSA) is 21.7 Å². The minimum Gasteiger partial charge on any atom is -0.383 e. The van der Waals surface area contributed by atoms with E-state index in [0.29, 0.717) is 12.6 Å². The molecule has 0 radical (unpaired) electrons. The van der Waals surface area contributed by atoms with Crippen molar-refractivity contribution in [3.63, 3.8) is 0 Å². The van der Waals surface area contributed by atoms with E-state index in [2.05, 4.69) is 95.9 Å².